The smallest absolute Gasteiger partial charge is 0.161 e. The highest BCUT2D eigenvalue weighted by atomic mass is 19.1. The van der Waals surface area contributed by atoms with Gasteiger partial charge in [-0.05, 0) is 44.2 Å². The van der Waals surface area contributed by atoms with E-state index in [1.165, 1.54) is 0 Å². The van der Waals surface area contributed by atoms with E-state index in [9.17, 15) is 4.39 Å². The molecular formula is C23H26FN7. The van der Waals surface area contributed by atoms with Gasteiger partial charge < -0.3 is 10.2 Å². The lowest BCUT2D eigenvalue weighted by Crippen LogP contribution is -2.49. The van der Waals surface area contributed by atoms with Crippen molar-refractivity contribution in [1.82, 2.24) is 24.5 Å². The molecule has 8 heteroatoms. The van der Waals surface area contributed by atoms with Crippen molar-refractivity contribution in [2.75, 3.05) is 36.4 Å². The van der Waals surface area contributed by atoms with E-state index in [-0.39, 0.29) is 5.82 Å². The van der Waals surface area contributed by atoms with E-state index in [2.05, 4.69) is 44.1 Å². The van der Waals surface area contributed by atoms with Gasteiger partial charge in [0.1, 0.15) is 5.82 Å². The van der Waals surface area contributed by atoms with Crippen LogP contribution in [0.25, 0.3) is 16.9 Å². The number of hydrogen-bond donors (Lipinski definition) is 2. The average molecular weight is 420 g/mol. The van der Waals surface area contributed by atoms with Crippen LogP contribution >= 0.6 is 0 Å². The van der Waals surface area contributed by atoms with Crippen LogP contribution in [0.15, 0.2) is 55.1 Å². The van der Waals surface area contributed by atoms with E-state index >= 15 is 0 Å². The van der Waals surface area contributed by atoms with Crippen LogP contribution in [0, 0.1) is 5.82 Å². The van der Waals surface area contributed by atoms with Gasteiger partial charge in [-0.2, -0.15) is 5.10 Å². The number of hydrogen-bond acceptors (Lipinski definition) is 5. The Labute approximate surface area is 180 Å². The summed E-state index contributed by atoms with van der Waals surface area (Å²) in [5.74, 6) is -0.211. The third-order valence-electron chi connectivity index (χ3n) is 5.95. The highest BCUT2D eigenvalue weighted by Gasteiger charge is 2.21. The average Bonchev–Trinajstić information content (AvgIpc) is 3.47. The first-order chi connectivity index (χ1) is 15.1. The van der Waals surface area contributed by atoms with Crippen LogP contribution in [0.2, 0.25) is 0 Å². The highest BCUT2D eigenvalue weighted by molar-refractivity contribution is 5.78. The summed E-state index contributed by atoms with van der Waals surface area (Å²) in [4.78, 5) is 9.04. The number of nitrogens with one attached hydrogen (secondary N) is 2. The van der Waals surface area contributed by atoms with E-state index in [1.54, 1.807) is 18.5 Å². The second-order valence-electron chi connectivity index (χ2n) is 8.15. The van der Waals surface area contributed by atoms with Crippen LogP contribution in [0.4, 0.5) is 21.5 Å². The van der Waals surface area contributed by atoms with Crippen molar-refractivity contribution in [2.45, 2.75) is 19.9 Å². The zero-order valence-electron chi connectivity index (χ0n) is 17.7. The molecule has 3 aromatic heterocycles. The molecule has 0 atom stereocenters. The number of H-pyrrole nitrogens is 1. The predicted molar refractivity (Wildman–Crippen MR) is 121 cm³/mol. The summed E-state index contributed by atoms with van der Waals surface area (Å²) in [5.41, 5.74) is 4.90. The van der Waals surface area contributed by atoms with Gasteiger partial charge in [0.05, 0.1) is 23.3 Å². The fraction of sp³-hybridized carbons (Fsp3) is 0.304. The monoisotopic (exact) mass is 419 g/mol. The van der Waals surface area contributed by atoms with Gasteiger partial charge in [0, 0.05) is 62.1 Å². The normalized spacial score (nSPS) is 15.2. The Morgan fingerprint density at radius 2 is 1.94 bits per heavy atom. The largest absolute Gasteiger partial charge is 0.367 e. The molecule has 4 aromatic rings. The predicted octanol–water partition coefficient (Wildman–Crippen LogP) is 4.14. The minimum atomic E-state index is -0.211. The van der Waals surface area contributed by atoms with Gasteiger partial charge in [-0.3, -0.25) is 14.4 Å². The molecule has 1 fully saturated rings. The van der Waals surface area contributed by atoms with Crippen molar-refractivity contribution in [1.29, 1.82) is 0 Å². The van der Waals surface area contributed by atoms with Gasteiger partial charge in [0.2, 0.25) is 0 Å². The molecule has 1 aromatic carbocycles. The molecule has 1 aliphatic rings. The third kappa shape index (κ3) is 3.74. The standard InChI is InChI=1S/C23H26FN7/c1-16(2)29-9-11-30(12-10-29)22-5-3-18(13-19(22)24)28-20-4-6-21(17-14-26-27-15-17)31-8-7-25-23(20)31/h3-8,13-16,28H,9-12H2,1-2H3,(H,26,27). The van der Waals surface area contributed by atoms with E-state index in [0.717, 1.165) is 48.8 Å². The molecule has 1 aliphatic heterocycles. The number of anilines is 3. The molecule has 0 saturated carbocycles. The number of aromatic nitrogens is 4. The highest BCUT2D eigenvalue weighted by Crippen LogP contribution is 2.29. The van der Waals surface area contributed by atoms with Crippen molar-refractivity contribution in [3.63, 3.8) is 0 Å². The molecule has 0 spiro atoms. The molecule has 5 rings (SSSR count). The van der Waals surface area contributed by atoms with Gasteiger partial charge in [0.15, 0.2) is 5.65 Å². The lowest BCUT2D eigenvalue weighted by molar-refractivity contribution is 0.209. The summed E-state index contributed by atoms with van der Waals surface area (Å²) in [5, 5.41) is 10.2. The van der Waals surface area contributed by atoms with Crippen molar-refractivity contribution in [3.05, 3.63) is 60.9 Å². The molecule has 0 amide bonds. The Bertz CT molecular complexity index is 1170. The van der Waals surface area contributed by atoms with E-state index in [4.69, 9.17) is 0 Å². The Morgan fingerprint density at radius 3 is 2.65 bits per heavy atom. The summed E-state index contributed by atoms with van der Waals surface area (Å²) >= 11 is 0. The van der Waals surface area contributed by atoms with Crippen LogP contribution in [-0.2, 0) is 0 Å². The Kier molecular flexibility index (Phi) is 5.07. The molecule has 31 heavy (non-hydrogen) atoms. The number of nitrogens with zero attached hydrogens (tertiary/aromatic N) is 5. The number of fused-ring (bicyclic) bond motifs is 1. The summed E-state index contributed by atoms with van der Waals surface area (Å²) in [6.07, 6.45) is 7.28. The number of benzene rings is 1. The molecule has 0 aliphatic carbocycles. The first-order valence-corrected chi connectivity index (χ1v) is 10.6. The first kappa shape index (κ1) is 19.6. The third-order valence-corrected chi connectivity index (χ3v) is 5.95. The maximum Gasteiger partial charge on any atom is 0.161 e. The fourth-order valence-corrected chi connectivity index (χ4v) is 4.21. The number of rotatable bonds is 5. The molecule has 1 saturated heterocycles. The Balaban J connectivity index is 1.37. The van der Waals surface area contributed by atoms with Gasteiger partial charge >= 0.3 is 0 Å². The molecule has 7 nitrogen and oxygen atoms in total. The minimum absolute atomic E-state index is 0.211. The van der Waals surface area contributed by atoms with Gasteiger partial charge in [-0.15, -0.1) is 0 Å². The summed E-state index contributed by atoms with van der Waals surface area (Å²) in [6, 6.07) is 9.84. The second kappa shape index (κ2) is 8.03. The molecule has 0 bridgehead atoms. The zero-order valence-corrected chi connectivity index (χ0v) is 17.7. The van der Waals surface area contributed by atoms with Crippen molar-refractivity contribution in [2.24, 2.45) is 0 Å². The van der Waals surface area contributed by atoms with Gasteiger partial charge in [-0.1, -0.05) is 0 Å². The molecule has 2 N–H and O–H groups in total. The van der Waals surface area contributed by atoms with Crippen molar-refractivity contribution < 1.29 is 4.39 Å². The quantitative estimate of drug-likeness (QED) is 0.509. The van der Waals surface area contributed by atoms with Crippen LogP contribution in [0.5, 0.6) is 0 Å². The fourth-order valence-electron chi connectivity index (χ4n) is 4.21. The Morgan fingerprint density at radius 1 is 1.10 bits per heavy atom. The Hall–Kier alpha value is -3.39. The first-order valence-electron chi connectivity index (χ1n) is 10.6. The molecule has 4 heterocycles. The van der Waals surface area contributed by atoms with Gasteiger partial charge in [-0.25, -0.2) is 9.37 Å². The SMILES string of the molecule is CC(C)N1CCN(c2ccc(Nc3ccc(-c4cn[nH]c4)n4ccnc34)cc2F)CC1. The second-order valence-corrected chi connectivity index (χ2v) is 8.15. The van der Waals surface area contributed by atoms with E-state index in [1.807, 2.05) is 41.1 Å². The zero-order chi connectivity index (χ0) is 21.4. The lowest BCUT2D eigenvalue weighted by Gasteiger charge is -2.38. The maximum atomic E-state index is 15.0. The van der Waals surface area contributed by atoms with Crippen LogP contribution in [0.3, 0.4) is 0 Å². The molecule has 160 valence electrons. The van der Waals surface area contributed by atoms with E-state index in [0.29, 0.717) is 17.4 Å². The van der Waals surface area contributed by atoms with Crippen molar-refractivity contribution in [3.8, 4) is 11.3 Å². The van der Waals surface area contributed by atoms with Crippen LogP contribution in [0.1, 0.15) is 13.8 Å². The van der Waals surface area contributed by atoms with Crippen molar-refractivity contribution >= 4 is 22.7 Å². The maximum absolute atomic E-state index is 15.0. The number of pyridine rings is 1. The summed E-state index contributed by atoms with van der Waals surface area (Å²) < 4.78 is 17.0. The number of imidazole rings is 1. The van der Waals surface area contributed by atoms with E-state index < -0.39 is 0 Å². The number of piperazine rings is 1. The van der Waals surface area contributed by atoms with Gasteiger partial charge in [0.25, 0.3) is 0 Å². The summed E-state index contributed by atoms with van der Waals surface area (Å²) in [7, 11) is 0. The molecule has 0 radical (unpaired) electrons. The summed E-state index contributed by atoms with van der Waals surface area (Å²) in [6.45, 7) is 8.00. The number of halogens is 1. The van der Waals surface area contributed by atoms with Crippen LogP contribution < -0.4 is 10.2 Å². The molecular weight excluding hydrogens is 393 g/mol. The van der Waals surface area contributed by atoms with Crippen LogP contribution in [-0.4, -0.2) is 56.7 Å². The topological polar surface area (TPSA) is 64.5 Å². The number of aromatic amines is 1. The lowest BCUT2D eigenvalue weighted by atomic mass is 10.2. The molecule has 0 unspecified atom stereocenters. The minimum Gasteiger partial charge on any atom is -0.367 e.